The molecule has 4 aromatic rings. The molecule has 0 saturated carbocycles. The van der Waals surface area contributed by atoms with Crippen LogP contribution in [0.1, 0.15) is 15.9 Å². The van der Waals surface area contributed by atoms with Crippen molar-refractivity contribution in [1.82, 2.24) is 9.55 Å². The molecule has 4 rings (SSSR count). The highest BCUT2D eigenvalue weighted by atomic mass is 32.1. The molecule has 3 aromatic carbocycles. The Labute approximate surface area is 179 Å². The fraction of sp³-hybridized carbons (Fsp3) is 0.0870. The molecule has 0 bridgehead atoms. The lowest BCUT2D eigenvalue weighted by molar-refractivity contribution is 0.0601. The molecule has 0 aliphatic carbocycles. The van der Waals surface area contributed by atoms with Gasteiger partial charge in [0.25, 0.3) is 0 Å². The molecule has 1 heterocycles. The van der Waals surface area contributed by atoms with Gasteiger partial charge in [0.05, 0.1) is 30.3 Å². The molecule has 0 fully saturated rings. The number of carbonyl (C=O) groups is 1. The summed E-state index contributed by atoms with van der Waals surface area (Å²) in [5.74, 6) is 0.278. The summed E-state index contributed by atoms with van der Waals surface area (Å²) < 4.78 is 6.81. The van der Waals surface area contributed by atoms with Gasteiger partial charge < -0.3 is 19.9 Å². The molecule has 0 saturated heterocycles. The number of imidazole rings is 1. The Kier molecular flexibility index (Phi) is 5.72. The maximum absolute atomic E-state index is 11.6. The molecular formula is C23H20N4O2S. The van der Waals surface area contributed by atoms with Crippen LogP contribution in [-0.4, -0.2) is 27.7 Å². The minimum absolute atomic E-state index is 0.378. The highest BCUT2D eigenvalue weighted by molar-refractivity contribution is 7.80. The van der Waals surface area contributed by atoms with Crippen LogP contribution in [0.3, 0.4) is 0 Å². The molecule has 0 radical (unpaired) electrons. The molecule has 6 nitrogen and oxygen atoms in total. The van der Waals surface area contributed by atoms with Crippen molar-refractivity contribution in [3.05, 3.63) is 90.0 Å². The average Bonchev–Trinajstić information content (AvgIpc) is 3.11. The van der Waals surface area contributed by atoms with Gasteiger partial charge in [0, 0.05) is 5.69 Å². The number of hydrogen-bond donors (Lipinski definition) is 2. The van der Waals surface area contributed by atoms with Crippen molar-refractivity contribution >= 4 is 46.0 Å². The summed E-state index contributed by atoms with van der Waals surface area (Å²) in [5, 5.41) is 6.73. The van der Waals surface area contributed by atoms with E-state index in [4.69, 9.17) is 21.9 Å². The number of fused-ring (bicyclic) bond motifs is 1. The number of hydrogen-bond acceptors (Lipinski definition) is 4. The maximum atomic E-state index is 11.6. The number of esters is 1. The van der Waals surface area contributed by atoms with Crippen LogP contribution in [-0.2, 0) is 11.3 Å². The molecule has 0 atom stereocenters. The zero-order chi connectivity index (χ0) is 20.9. The van der Waals surface area contributed by atoms with Crippen molar-refractivity contribution in [2.24, 2.45) is 0 Å². The topological polar surface area (TPSA) is 68.2 Å². The van der Waals surface area contributed by atoms with E-state index in [1.54, 1.807) is 24.3 Å². The lowest BCUT2D eigenvalue weighted by atomic mass is 10.2. The quantitative estimate of drug-likeness (QED) is 0.364. The zero-order valence-electron chi connectivity index (χ0n) is 16.3. The lowest BCUT2D eigenvalue weighted by Crippen LogP contribution is -2.22. The molecule has 7 heteroatoms. The minimum atomic E-state index is -0.378. The molecule has 0 aliphatic heterocycles. The Morgan fingerprint density at radius 1 is 0.967 bits per heavy atom. The summed E-state index contributed by atoms with van der Waals surface area (Å²) in [5.41, 5.74) is 4.31. The van der Waals surface area contributed by atoms with Crippen LogP contribution in [0.4, 0.5) is 11.6 Å². The Bertz CT molecular complexity index is 1190. The maximum Gasteiger partial charge on any atom is 0.337 e. The number of rotatable bonds is 5. The van der Waals surface area contributed by atoms with E-state index >= 15 is 0 Å². The minimum Gasteiger partial charge on any atom is -0.465 e. The average molecular weight is 417 g/mol. The van der Waals surface area contributed by atoms with Gasteiger partial charge in [0.15, 0.2) is 5.11 Å². The SMILES string of the molecule is COC(=O)c1ccc(NC(=S)Nc2nc3ccccc3n2Cc2ccccc2)cc1. The summed E-state index contributed by atoms with van der Waals surface area (Å²) >= 11 is 5.49. The molecular weight excluding hydrogens is 396 g/mol. The van der Waals surface area contributed by atoms with Gasteiger partial charge in [0.2, 0.25) is 5.95 Å². The van der Waals surface area contributed by atoms with Gasteiger partial charge in [-0.3, -0.25) is 0 Å². The van der Waals surface area contributed by atoms with Gasteiger partial charge in [-0.15, -0.1) is 0 Å². The van der Waals surface area contributed by atoms with Crippen LogP contribution in [0.25, 0.3) is 11.0 Å². The number of aromatic nitrogens is 2. The Hall–Kier alpha value is -3.71. The second kappa shape index (κ2) is 8.75. The van der Waals surface area contributed by atoms with E-state index < -0.39 is 0 Å². The molecule has 150 valence electrons. The lowest BCUT2D eigenvalue weighted by Gasteiger charge is -2.13. The normalized spacial score (nSPS) is 10.6. The van der Waals surface area contributed by atoms with Crippen molar-refractivity contribution < 1.29 is 9.53 Å². The van der Waals surface area contributed by atoms with Crippen molar-refractivity contribution in [1.29, 1.82) is 0 Å². The van der Waals surface area contributed by atoms with Gasteiger partial charge in [-0.05, 0) is 54.2 Å². The molecule has 30 heavy (non-hydrogen) atoms. The highest BCUT2D eigenvalue weighted by Crippen LogP contribution is 2.21. The fourth-order valence-corrected chi connectivity index (χ4v) is 3.38. The molecule has 0 unspecified atom stereocenters. The molecule has 0 amide bonds. The predicted molar refractivity (Wildman–Crippen MR) is 123 cm³/mol. The number of benzene rings is 3. The van der Waals surface area contributed by atoms with Crippen LogP contribution in [0.5, 0.6) is 0 Å². The number of thiocarbonyl (C=S) groups is 1. The first-order valence-corrected chi connectivity index (χ1v) is 9.80. The molecule has 0 spiro atoms. The van der Waals surface area contributed by atoms with Gasteiger partial charge in [-0.25, -0.2) is 9.78 Å². The van der Waals surface area contributed by atoms with E-state index in [-0.39, 0.29) is 5.97 Å². The van der Waals surface area contributed by atoms with Crippen LogP contribution >= 0.6 is 12.2 Å². The summed E-state index contributed by atoms with van der Waals surface area (Å²) in [6.45, 7) is 0.667. The van der Waals surface area contributed by atoms with Crippen molar-refractivity contribution in [2.75, 3.05) is 17.7 Å². The summed E-state index contributed by atoms with van der Waals surface area (Å²) in [6.07, 6.45) is 0. The van der Waals surface area contributed by atoms with Crippen LogP contribution in [0.2, 0.25) is 0 Å². The molecule has 0 aliphatic rings. The predicted octanol–water partition coefficient (Wildman–Crippen LogP) is 4.68. The van der Waals surface area contributed by atoms with E-state index in [9.17, 15) is 4.79 Å². The van der Waals surface area contributed by atoms with Gasteiger partial charge in [-0.1, -0.05) is 42.5 Å². The summed E-state index contributed by atoms with van der Waals surface area (Å²) in [6, 6.07) is 25.1. The van der Waals surface area contributed by atoms with Crippen LogP contribution < -0.4 is 10.6 Å². The van der Waals surface area contributed by atoms with E-state index in [2.05, 4.69) is 27.3 Å². The fourth-order valence-electron chi connectivity index (χ4n) is 3.17. The third-order valence-corrected chi connectivity index (χ3v) is 4.83. The number of ether oxygens (including phenoxy) is 1. The van der Waals surface area contributed by atoms with E-state index in [1.165, 1.54) is 12.7 Å². The number of anilines is 2. The smallest absolute Gasteiger partial charge is 0.337 e. The van der Waals surface area contributed by atoms with Gasteiger partial charge >= 0.3 is 5.97 Å². The first-order valence-electron chi connectivity index (χ1n) is 9.39. The molecule has 1 aromatic heterocycles. The highest BCUT2D eigenvalue weighted by Gasteiger charge is 2.12. The van der Waals surface area contributed by atoms with E-state index in [0.29, 0.717) is 23.2 Å². The van der Waals surface area contributed by atoms with Gasteiger partial charge in [-0.2, -0.15) is 0 Å². The first-order chi connectivity index (χ1) is 14.6. The first kappa shape index (κ1) is 19.6. The zero-order valence-corrected chi connectivity index (χ0v) is 17.1. The largest absolute Gasteiger partial charge is 0.465 e. The third kappa shape index (κ3) is 4.31. The number of para-hydroxylation sites is 2. The second-order valence-corrected chi connectivity index (χ2v) is 7.05. The standard InChI is InChI=1S/C23H20N4O2S/c1-29-21(28)17-11-13-18(14-12-17)24-23(30)26-22-25-19-9-5-6-10-20(19)27(22)15-16-7-3-2-4-8-16/h2-14H,15H2,1H3,(H2,24,25,26,30). The Morgan fingerprint density at radius 3 is 2.40 bits per heavy atom. The second-order valence-electron chi connectivity index (χ2n) is 6.64. The molecule has 2 N–H and O–H groups in total. The van der Waals surface area contributed by atoms with Crippen molar-refractivity contribution in [2.45, 2.75) is 6.54 Å². The van der Waals surface area contributed by atoms with Crippen LogP contribution in [0, 0.1) is 0 Å². The van der Waals surface area contributed by atoms with E-state index in [1.807, 2.05) is 42.5 Å². The Morgan fingerprint density at radius 2 is 1.67 bits per heavy atom. The van der Waals surface area contributed by atoms with Crippen LogP contribution in [0.15, 0.2) is 78.9 Å². The number of nitrogens with one attached hydrogen (secondary N) is 2. The van der Waals surface area contributed by atoms with Crippen molar-refractivity contribution in [3.8, 4) is 0 Å². The Balaban J connectivity index is 1.55. The van der Waals surface area contributed by atoms with E-state index in [0.717, 1.165) is 16.7 Å². The summed E-state index contributed by atoms with van der Waals surface area (Å²) in [7, 11) is 1.36. The van der Waals surface area contributed by atoms with Gasteiger partial charge in [0.1, 0.15) is 0 Å². The number of carbonyl (C=O) groups excluding carboxylic acids is 1. The van der Waals surface area contributed by atoms with Crippen molar-refractivity contribution in [3.63, 3.8) is 0 Å². The third-order valence-electron chi connectivity index (χ3n) is 4.63. The summed E-state index contributed by atoms with van der Waals surface area (Å²) in [4.78, 5) is 16.3. The number of methoxy groups -OCH3 is 1. The number of nitrogens with zero attached hydrogens (tertiary/aromatic N) is 2. The monoisotopic (exact) mass is 416 g/mol.